The first-order valence-electron chi connectivity index (χ1n) is 3.76. The molecule has 0 spiro atoms. The normalized spacial score (nSPS) is 13.7. The second-order valence-electron chi connectivity index (χ2n) is 2.55. The van der Waals surface area contributed by atoms with Crippen molar-refractivity contribution in [3.8, 4) is 0 Å². The van der Waals surface area contributed by atoms with Crippen molar-refractivity contribution in [2.24, 2.45) is 11.5 Å². The van der Waals surface area contributed by atoms with Crippen molar-refractivity contribution in [3.05, 3.63) is 0 Å². The van der Waals surface area contributed by atoms with E-state index in [1.165, 1.54) is 10.8 Å². The molecule has 91 valence electrons. The van der Waals surface area contributed by atoms with Crippen LogP contribution in [-0.2, 0) is 37.5 Å². The molecular formula is C6H15CuN2O4S2+5. The Morgan fingerprint density at radius 1 is 1.20 bits per heavy atom. The van der Waals surface area contributed by atoms with E-state index in [2.05, 4.69) is 0 Å². The molecule has 0 aromatic rings. The molecule has 0 fully saturated rings. The number of rotatable bonds is 7. The standard InChI is InChI=1S/C6H12N2O4S2.Cu/c7-3(5(9)10)1-13-14-2-4(8)6(11)12;/h3-4H,1-2,7-8H2,(H,9,10)(H,11,12);/q;+2/p+3. The summed E-state index contributed by atoms with van der Waals surface area (Å²) in [6, 6.07) is -1.55. The van der Waals surface area contributed by atoms with E-state index in [0.717, 1.165) is 10.8 Å². The summed E-state index contributed by atoms with van der Waals surface area (Å²) in [6.45, 7) is 0. The van der Waals surface area contributed by atoms with Gasteiger partial charge in [0.1, 0.15) is 5.75 Å². The molecule has 9 heteroatoms. The first kappa shape index (κ1) is 17.5. The molecule has 0 bridgehead atoms. The Labute approximate surface area is 105 Å². The molecule has 0 saturated heterocycles. The molecule has 1 radical (unpaired) electrons. The molecule has 0 aromatic heterocycles. The molecule has 2 atom stereocenters. The van der Waals surface area contributed by atoms with Crippen molar-refractivity contribution < 1.29 is 36.9 Å². The van der Waals surface area contributed by atoms with Crippen LogP contribution in [0.15, 0.2) is 0 Å². The molecule has 0 aliphatic rings. The van der Waals surface area contributed by atoms with Crippen LogP contribution in [0.5, 0.6) is 0 Å². The van der Waals surface area contributed by atoms with Gasteiger partial charge in [0.2, 0.25) is 6.04 Å². The minimum absolute atomic E-state index is 0. The van der Waals surface area contributed by atoms with Gasteiger partial charge in [0.15, 0.2) is 6.04 Å². The fourth-order valence-corrected chi connectivity index (χ4v) is 2.87. The zero-order valence-electron chi connectivity index (χ0n) is 7.70. The molecule has 0 heterocycles. The van der Waals surface area contributed by atoms with E-state index in [1.54, 1.807) is 0 Å². The van der Waals surface area contributed by atoms with Crippen molar-refractivity contribution >= 4 is 33.5 Å². The van der Waals surface area contributed by atoms with Gasteiger partial charge < -0.3 is 21.7 Å². The van der Waals surface area contributed by atoms with E-state index in [-0.39, 0.29) is 17.1 Å². The Morgan fingerprint density at radius 2 is 1.67 bits per heavy atom. The van der Waals surface area contributed by atoms with Gasteiger partial charge in [-0.15, -0.1) is 0 Å². The SMILES string of the molecule is NC(CS[SH+]CC(N)C(=O)[OH2+])C(=O)[OH2+].[Cu+2]. The summed E-state index contributed by atoms with van der Waals surface area (Å²) < 4.78 is 0. The van der Waals surface area contributed by atoms with Gasteiger partial charge in [0.25, 0.3) is 0 Å². The van der Waals surface area contributed by atoms with Crippen LogP contribution in [0, 0.1) is 0 Å². The van der Waals surface area contributed by atoms with Crippen LogP contribution in [0.4, 0.5) is 0 Å². The van der Waals surface area contributed by atoms with E-state index in [0.29, 0.717) is 11.5 Å². The van der Waals surface area contributed by atoms with Crippen LogP contribution in [-0.4, -0.2) is 45.7 Å². The van der Waals surface area contributed by atoms with Crippen LogP contribution in [0.2, 0.25) is 0 Å². The first-order chi connectivity index (χ1) is 6.45. The van der Waals surface area contributed by atoms with Gasteiger partial charge >= 0.3 is 29.0 Å². The van der Waals surface area contributed by atoms with Crippen LogP contribution >= 0.6 is 10.8 Å². The second-order valence-corrected chi connectivity index (χ2v) is 5.31. The summed E-state index contributed by atoms with van der Waals surface area (Å²) in [5, 5.41) is 13.4. The third-order valence-corrected chi connectivity index (χ3v) is 3.97. The number of hydrogen-bond acceptors (Lipinski definition) is 5. The van der Waals surface area contributed by atoms with Crippen molar-refractivity contribution in [3.63, 3.8) is 0 Å². The number of hydrogen-bond donors (Lipinski definition) is 2. The zero-order chi connectivity index (χ0) is 11.1. The van der Waals surface area contributed by atoms with Gasteiger partial charge in [0, 0.05) is 20.4 Å². The van der Waals surface area contributed by atoms with Crippen molar-refractivity contribution in [2.45, 2.75) is 12.1 Å². The molecule has 0 amide bonds. The van der Waals surface area contributed by atoms with Crippen molar-refractivity contribution in [1.82, 2.24) is 0 Å². The maximum Gasteiger partial charge on any atom is 2.00 e. The molecule has 0 aromatic carbocycles. The van der Waals surface area contributed by atoms with Gasteiger partial charge in [-0.1, -0.05) is 0 Å². The Bertz CT molecular complexity index is 197. The van der Waals surface area contributed by atoms with Crippen molar-refractivity contribution in [1.29, 1.82) is 0 Å². The number of thiol groups is 1. The Balaban J connectivity index is 0. The minimum Gasteiger partial charge on any atom is -0.564 e. The van der Waals surface area contributed by atoms with Gasteiger partial charge in [-0.2, -0.15) is 0 Å². The van der Waals surface area contributed by atoms with E-state index < -0.39 is 24.0 Å². The maximum absolute atomic E-state index is 10.4. The van der Waals surface area contributed by atoms with Crippen LogP contribution in [0.3, 0.4) is 0 Å². The fourth-order valence-electron chi connectivity index (χ4n) is 0.425. The van der Waals surface area contributed by atoms with Gasteiger partial charge in [-0.25, -0.2) is 0 Å². The molecule has 0 rings (SSSR count). The summed E-state index contributed by atoms with van der Waals surface area (Å²) in [5.74, 6) is -0.887. The summed E-state index contributed by atoms with van der Waals surface area (Å²) >= 11 is 0. The van der Waals surface area contributed by atoms with Crippen molar-refractivity contribution in [2.75, 3.05) is 11.5 Å². The second kappa shape index (κ2) is 9.32. The average Bonchev–Trinajstić information content (AvgIpc) is 2.11. The monoisotopic (exact) mass is 306 g/mol. The summed E-state index contributed by atoms with van der Waals surface area (Å²) in [7, 11) is 2.12. The van der Waals surface area contributed by atoms with Crippen LogP contribution in [0.1, 0.15) is 0 Å². The van der Waals surface area contributed by atoms with E-state index >= 15 is 0 Å². The largest absolute Gasteiger partial charge is 2.00 e. The van der Waals surface area contributed by atoms with E-state index in [9.17, 15) is 9.59 Å². The molecule has 15 heavy (non-hydrogen) atoms. The zero-order valence-corrected chi connectivity index (χ0v) is 10.3. The third-order valence-electron chi connectivity index (χ3n) is 1.29. The minimum atomic E-state index is -0.798. The predicted molar refractivity (Wildman–Crippen MR) is 59.3 cm³/mol. The molecule has 8 N–H and O–H groups in total. The van der Waals surface area contributed by atoms with Gasteiger partial charge in [-0.3, -0.25) is 0 Å². The number of carbonyl (C=O) groups is 2. The van der Waals surface area contributed by atoms with Crippen LogP contribution < -0.4 is 11.5 Å². The summed E-state index contributed by atoms with van der Waals surface area (Å²) in [5.41, 5.74) is 10.6. The van der Waals surface area contributed by atoms with Gasteiger partial charge in [0.05, 0.1) is 16.5 Å². The van der Waals surface area contributed by atoms with E-state index in [1.807, 2.05) is 0 Å². The summed E-state index contributed by atoms with van der Waals surface area (Å²) in [4.78, 5) is 20.8. The average molecular weight is 307 g/mol. The molecule has 0 aliphatic carbocycles. The topological polar surface area (TPSA) is 132 Å². The molecule has 0 aliphatic heterocycles. The van der Waals surface area contributed by atoms with Gasteiger partial charge in [-0.05, 0) is 0 Å². The fraction of sp³-hybridized carbons (Fsp3) is 0.667. The van der Waals surface area contributed by atoms with Crippen LogP contribution in [0.25, 0.3) is 0 Å². The summed E-state index contributed by atoms with van der Waals surface area (Å²) in [6.07, 6.45) is 0. The molecular weight excluding hydrogens is 292 g/mol. The third kappa shape index (κ3) is 9.03. The molecule has 6 nitrogen and oxygen atoms in total. The first-order valence-corrected chi connectivity index (χ1v) is 6.43. The maximum atomic E-state index is 10.4. The predicted octanol–water partition coefficient (Wildman–Crippen LogP) is -3.40. The molecule has 2 unspecified atom stereocenters. The quantitative estimate of drug-likeness (QED) is 0.166. The Hall–Kier alpha value is 0.0795. The smallest absolute Gasteiger partial charge is 0.564 e. The molecule has 0 saturated carbocycles. The van der Waals surface area contributed by atoms with E-state index in [4.69, 9.17) is 21.7 Å². The Morgan fingerprint density at radius 3 is 2.07 bits per heavy atom. The Kier molecular flexibility index (Phi) is 10.9. The number of nitrogens with two attached hydrogens (primary N) is 2. The number of carbonyl (C=O) groups excluding carboxylic acids is 2.